The third-order valence-electron chi connectivity index (χ3n) is 4.76. The van der Waals surface area contributed by atoms with E-state index >= 15 is 0 Å². The second-order valence-corrected chi connectivity index (χ2v) is 7.65. The van der Waals surface area contributed by atoms with Gasteiger partial charge in [-0.25, -0.2) is 9.97 Å². The second kappa shape index (κ2) is 8.39. The van der Waals surface area contributed by atoms with Gasteiger partial charge in [-0.2, -0.15) is 0 Å². The maximum absolute atomic E-state index is 12.5. The molecule has 0 saturated carbocycles. The molecule has 1 fully saturated rings. The first-order chi connectivity index (χ1) is 13.7. The monoisotopic (exact) mass is 395 g/mol. The summed E-state index contributed by atoms with van der Waals surface area (Å²) in [5.74, 6) is 1.04. The Hall–Kier alpha value is -2.94. The van der Waals surface area contributed by atoms with Crippen molar-refractivity contribution >= 4 is 28.2 Å². The summed E-state index contributed by atoms with van der Waals surface area (Å²) in [6.07, 6.45) is 7.26. The van der Waals surface area contributed by atoms with E-state index in [0.29, 0.717) is 24.7 Å². The number of aromatic nitrogens is 5. The smallest absolute Gasteiger partial charge is 0.274 e. The number of nitrogens with zero attached hydrogens (tertiary/aromatic N) is 6. The number of piperidine rings is 1. The van der Waals surface area contributed by atoms with Crippen LogP contribution in [0, 0.1) is 0 Å². The van der Waals surface area contributed by atoms with E-state index in [4.69, 9.17) is 4.98 Å². The van der Waals surface area contributed by atoms with E-state index in [-0.39, 0.29) is 5.91 Å². The molecule has 4 rings (SSSR count). The van der Waals surface area contributed by atoms with Crippen LogP contribution in [0.2, 0.25) is 0 Å². The molecule has 1 N–H and O–H groups in total. The summed E-state index contributed by atoms with van der Waals surface area (Å²) in [6, 6.07) is 5.99. The van der Waals surface area contributed by atoms with Gasteiger partial charge in [-0.05, 0) is 31.4 Å². The van der Waals surface area contributed by atoms with Gasteiger partial charge in [0.05, 0.1) is 6.20 Å². The molecule has 3 aromatic rings. The molecule has 0 unspecified atom stereocenters. The highest BCUT2D eigenvalue weighted by molar-refractivity contribution is 7.15. The number of aryl methyl sites for hydroxylation is 1. The Balaban J connectivity index is 1.38. The lowest BCUT2D eigenvalue weighted by Crippen LogP contribution is -2.38. The molecule has 3 aromatic heterocycles. The minimum absolute atomic E-state index is 0.0575. The van der Waals surface area contributed by atoms with E-state index < -0.39 is 0 Å². The average Bonchev–Trinajstić information content (AvgIpc) is 3.22. The SMILES string of the molecule is CCc1nnc(Nc2cccc(C3CCN(C(=O)c4cnccn4)CC3)n2)s1. The largest absolute Gasteiger partial charge is 0.337 e. The van der Waals surface area contributed by atoms with Crippen LogP contribution in [-0.2, 0) is 6.42 Å². The fraction of sp³-hybridized carbons (Fsp3) is 0.368. The molecule has 1 saturated heterocycles. The number of carbonyl (C=O) groups excluding carboxylic acids is 1. The van der Waals surface area contributed by atoms with E-state index in [2.05, 4.69) is 32.4 Å². The van der Waals surface area contributed by atoms with Crippen LogP contribution in [0.5, 0.6) is 0 Å². The molecule has 28 heavy (non-hydrogen) atoms. The van der Waals surface area contributed by atoms with Crippen molar-refractivity contribution in [2.24, 2.45) is 0 Å². The second-order valence-electron chi connectivity index (χ2n) is 6.58. The lowest BCUT2D eigenvalue weighted by molar-refractivity contribution is 0.0705. The summed E-state index contributed by atoms with van der Waals surface area (Å²) in [7, 11) is 0. The topological polar surface area (TPSA) is 96.8 Å². The van der Waals surface area contributed by atoms with Gasteiger partial charge in [-0.15, -0.1) is 10.2 Å². The Morgan fingerprint density at radius 1 is 1.25 bits per heavy atom. The fourth-order valence-electron chi connectivity index (χ4n) is 3.25. The van der Waals surface area contributed by atoms with Crippen molar-refractivity contribution in [2.75, 3.05) is 18.4 Å². The molecule has 0 radical (unpaired) electrons. The summed E-state index contributed by atoms with van der Waals surface area (Å²) in [4.78, 5) is 27.2. The first kappa shape index (κ1) is 18.4. The van der Waals surface area contributed by atoms with Crippen LogP contribution in [-0.4, -0.2) is 49.0 Å². The van der Waals surface area contributed by atoms with E-state index in [1.807, 2.05) is 23.1 Å². The third-order valence-corrected chi connectivity index (χ3v) is 5.74. The number of pyridine rings is 1. The zero-order chi connectivity index (χ0) is 19.3. The average molecular weight is 395 g/mol. The standard InChI is InChI=1S/C19H21N7OS/c1-2-17-24-25-19(28-17)23-16-5-3-4-14(22-16)13-6-10-26(11-7-13)18(27)15-12-20-8-9-21-15/h3-5,8-9,12-13H,2,6-7,10-11H2,1H3,(H,22,23,25). The van der Waals surface area contributed by atoms with Crippen molar-refractivity contribution in [1.29, 1.82) is 0 Å². The van der Waals surface area contributed by atoms with Gasteiger partial charge in [-0.3, -0.25) is 9.78 Å². The number of nitrogens with one attached hydrogen (secondary N) is 1. The number of rotatable bonds is 5. The number of carbonyl (C=O) groups is 1. The highest BCUT2D eigenvalue weighted by Crippen LogP contribution is 2.29. The minimum atomic E-state index is -0.0575. The number of likely N-dealkylation sites (tertiary alicyclic amines) is 1. The maximum Gasteiger partial charge on any atom is 0.274 e. The van der Waals surface area contributed by atoms with Crippen LogP contribution in [0.1, 0.15) is 46.9 Å². The highest BCUT2D eigenvalue weighted by Gasteiger charge is 2.26. The molecule has 0 bridgehead atoms. The molecule has 1 aliphatic rings. The molecule has 9 heteroatoms. The number of amides is 1. The molecule has 0 aromatic carbocycles. The predicted octanol–water partition coefficient (Wildman–Crippen LogP) is 3.05. The quantitative estimate of drug-likeness (QED) is 0.709. The van der Waals surface area contributed by atoms with Crippen molar-refractivity contribution in [3.8, 4) is 0 Å². The summed E-state index contributed by atoms with van der Waals surface area (Å²) in [5.41, 5.74) is 1.44. The zero-order valence-electron chi connectivity index (χ0n) is 15.6. The fourth-order valence-corrected chi connectivity index (χ4v) is 3.94. The summed E-state index contributed by atoms with van der Waals surface area (Å²) in [6.45, 7) is 3.44. The van der Waals surface area contributed by atoms with Crippen molar-refractivity contribution in [1.82, 2.24) is 30.0 Å². The lowest BCUT2D eigenvalue weighted by atomic mass is 9.93. The Labute approximate surface area is 167 Å². The summed E-state index contributed by atoms with van der Waals surface area (Å²) < 4.78 is 0. The van der Waals surface area contributed by atoms with Crippen LogP contribution in [0.3, 0.4) is 0 Å². The van der Waals surface area contributed by atoms with Gasteiger partial charge in [0, 0.05) is 37.1 Å². The molecule has 4 heterocycles. The number of hydrogen-bond acceptors (Lipinski definition) is 8. The summed E-state index contributed by atoms with van der Waals surface area (Å²) >= 11 is 1.54. The van der Waals surface area contributed by atoms with Crippen molar-refractivity contribution in [3.63, 3.8) is 0 Å². The van der Waals surface area contributed by atoms with E-state index in [0.717, 1.165) is 40.9 Å². The van der Waals surface area contributed by atoms with Crippen LogP contribution in [0.25, 0.3) is 0 Å². The van der Waals surface area contributed by atoms with Gasteiger partial charge in [0.2, 0.25) is 5.13 Å². The van der Waals surface area contributed by atoms with E-state index in [1.54, 1.807) is 23.7 Å². The maximum atomic E-state index is 12.5. The Morgan fingerprint density at radius 3 is 2.82 bits per heavy atom. The molecular weight excluding hydrogens is 374 g/mol. The third kappa shape index (κ3) is 4.14. The number of hydrogen-bond donors (Lipinski definition) is 1. The van der Waals surface area contributed by atoms with Gasteiger partial charge in [0.15, 0.2) is 0 Å². The van der Waals surface area contributed by atoms with Gasteiger partial charge >= 0.3 is 0 Å². The molecule has 0 aliphatic carbocycles. The van der Waals surface area contributed by atoms with Crippen LogP contribution in [0.15, 0.2) is 36.8 Å². The lowest BCUT2D eigenvalue weighted by Gasteiger charge is -2.31. The van der Waals surface area contributed by atoms with Crippen molar-refractivity contribution in [2.45, 2.75) is 32.1 Å². The first-order valence-corrected chi connectivity index (χ1v) is 10.2. The van der Waals surface area contributed by atoms with Crippen molar-refractivity contribution in [3.05, 3.63) is 53.2 Å². The van der Waals surface area contributed by atoms with Gasteiger partial charge in [0.1, 0.15) is 16.5 Å². The van der Waals surface area contributed by atoms with Gasteiger partial charge in [0.25, 0.3) is 5.91 Å². The van der Waals surface area contributed by atoms with E-state index in [1.165, 1.54) is 6.20 Å². The van der Waals surface area contributed by atoms with Crippen LogP contribution < -0.4 is 5.32 Å². The normalized spacial score (nSPS) is 14.8. The number of anilines is 2. The Bertz CT molecular complexity index is 938. The highest BCUT2D eigenvalue weighted by atomic mass is 32.1. The minimum Gasteiger partial charge on any atom is -0.337 e. The molecule has 1 amide bonds. The molecule has 0 atom stereocenters. The Kier molecular flexibility index (Phi) is 5.52. The van der Waals surface area contributed by atoms with Crippen LogP contribution >= 0.6 is 11.3 Å². The molecule has 144 valence electrons. The van der Waals surface area contributed by atoms with Gasteiger partial charge in [-0.1, -0.05) is 24.3 Å². The van der Waals surface area contributed by atoms with E-state index in [9.17, 15) is 4.79 Å². The molecule has 8 nitrogen and oxygen atoms in total. The van der Waals surface area contributed by atoms with Gasteiger partial charge < -0.3 is 10.2 Å². The van der Waals surface area contributed by atoms with Crippen molar-refractivity contribution < 1.29 is 4.79 Å². The molecular formula is C19H21N7OS. The molecule has 0 spiro atoms. The Morgan fingerprint density at radius 2 is 2.11 bits per heavy atom. The molecule has 1 aliphatic heterocycles. The summed E-state index contributed by atoms with van der Waals surface area (Å²) in [5, 5.41) is 13.3. The predicted molar refractivity (Wildman–Crippen MR) is 107 cm³/mol. The van der Waals surface area contributed by atoms with Crippen LogP contribution in [0.4, 0.5) is 10.9 Å². The first-order valence-electron chi connectivity index (χ1n) is 9.34. The zero-order valence-corrected chi connectivity index (χ0v) is 16.4.